The van der Waals surface area contributed by atoms with E-state index in [-0.39, 0.29) is 0 Å². The van der Waals surface area contributed by atoms with Crippen LogP contribution in [-0.2, 0) is 13.1 Å². The third-order valence-corrected chi connectivity index (χ3v) is 6.06. The second-order valence-corrected chi connectivity index (χ2v) is 8.15. The third kappa shape index (κ3) is 4.86. The van der Waals surface area contributed by atoms with Gasteiger partial charge in [-0.1, -0.05) is 5.16 Å². The van der Waals surface area contributed by atoms with Gasteiger partial charge in [-0.3, -0.25) is 9.80 Å². The fraction of sp³-hybridized carbons (Fsp3) is 0.625. The van der Waals surface area contributed by atoms with Crippen molar-refractivity contribution in [1.29, 1.82) is 0 Å². The van der Waals surface area contributed by atoms with Crippen molar-refractivity contribution in [2.75, 3.05) is 20.1 Å². The van der Waals surface area contributed by atoms with E-state index in [4.69, 9.17) is 4.52 Å². The summed E-state index contributed by atoms with van der Waals surface area (Å²) in [7, 11) is 2.17. The molecule has 1 aliphatic rings. The second-order valence-electron chi connectivity index (χ2n) is 6.24. The number of hydrogen-bond donors (Lipinski definition) is 0. The highest BCUT2D eigenvalue weighted by Crippen LogP contribution is 2.23. The van der Waals surface area contributed by atoms with Crippen molar-refractivity contribution in [2.45, 2.75) is 45.3 Å². The molecule has 23 heavy (non-hydrogen) atoms. The zero-order valence-electron chi connectivity index (χ0n) is 13.7. The van der Waals surface area contributed by atoms with Gasteiger partial charge in [-0.2, -0.15) is 4.98 Å². The molecule has 3 heterocycles. The van der Waals surface area contributed by atoms with Gasteiger partial charge in [0.2, 0.25) is 5.89 Å². The predicted molar refractivity (Wildman–Crippen MR) is 95.4 cm³/mol. The Balaban J connectivity index is 1.51. The van der Waals surface area contributed by atoms with E-state index in [9.17, 15) is 0 Å². The number of aromatic nitrogens is 2. The Morgan fingerprint density at radius 3 is 3.00 bits per heavy atom. The van der Waals surface area contributed by atoms with Gasteiger partial charge < -0.3 is 4.52 Å². The normalized spacial score (nSPS) is 20.1. The van der Waals surface area contributed by atoms with Crippen molar-refractivity contribution in [3.8, 4) is 0 Å². The molecule has 3 rings (SSSR count). The summed E-state index contributed by atoms with van der Waals surface area (Å²) in [5.41, 5.74) is 0. The molecule has 1 atom stereocenters. The molecule has 0 bridgehead atoms. The van der Waals surface area contributed by atoms with E-state index in [1.54, 1.807) is 0 Å². The molecule has 2 aromatic rings. The summed E-state index contributed by atoms with van der Waals surface area (Å²) < 4.78 is 6.26. The molecule has 1 unspecified atom stereocenters. The molecule has 7 heteroatoms. The molecule has 0 N–H and O–H groups in total. The Morgan fingerprint density at radius 1 is 1.43 bits per heavy atom. The van der Waals surface area contributed by atoms with Crippen molar-refractivity contribution < 1.29 is 4.52 Å². The average molecular weight is 399 g/mol. The van der Waals surface area contributed by atoms with Crippen molar-refractivity contribution in [3.63, 3.8) is 0 Å². The van der Waals surface area contributed by atoms with Crippen molar-refractivity contribution >= 4 is 27.3 Å². The van der Waals surface area contributed by atoms with Gasteiger partial charge in [0.1, 0.15) is 0 Å². The van der Waals surface area contributed by atoms with Crippen LogP contribution in [0.3, 0.4) is 0 Å². The van der Waals surface area contributed by atoms with Gasteiger partial charge in [-0.05, 0) is 54.9 Å². The van der Waals surface area contributed by atoms with Gasteiger partial charge in [0, 0.05) is 40.8 Å². The quantitative estimate of drug-likeness (QED) is 0.768. The fourth-order valence-corrected chi connectivity index (χ4v) is 4.64. The Bertz CT molecular complexity index is 629. The van der Waals surface area contributed by atoms with E-state index < -0.39 is 0 Å². The van der Waals surface area contributed by atoms with Crippen LogP contribution < -0.4 is 0 Å². The molecule has 0 aromatic carbocycles. The SMILES string of the molecule is Cc1nc(CN(C)C2CCCN(Cc3cc(Br)cs3)CC2)no1. The van der Waals surface area contributed by atoms with Crippen LogP contribution in [0.1, 0.15) is 35.9 Å². The topological polar surface area (TPSA) is 45.4 Å². The lowest BCUT2D eigenvalue weighted by atomic mass is 10.1. The van der Waals surface area contributed by atoms with E-state index in [2.05, 4.69) is 54.4 Å². The van der Waals surface area contributed by atoms with Crippen LogP contribution in [0.4, 0.5) is 0 Å². The highest BCUT2D eigenvalue weighted by atomic mass is 79.9. The lowest BCUT2D eigenvalue weighted by molar-refractivity contribution is 0.200. The molecule has 0 radical (unpaired) electrons. The van der Waals surface area contributed by atoms with Crippen LogP contribution >= 0.6 is 27.3 Å². The maximum Gasteiger partial charge on any atom is 0.223 e. The second kappa shape index (κ2) is 7.88. The Hall–Kier alpha value is -0.760. The first-order valence-electron chi connectivity index (χ1n) is 8.05. The molecule has 0 aliphatic carbocycles. The number of rotatable bonds is 5. The zero-order valence-corrected chi connectivity index (χ0v) is 16.1. The summed E-state index contributed by atoms with van der Waals surface area (Å²) >= 11 is 5.38. The zero-order chi connectivity index (χ0) is 16.2. The van der Waals surface area contributed by atoms with E-state index in [0.29, 0.717) is 11.9 Å². The van der Waals surface area contributed by atoms with Gasteiger partial charge in [0.05, 0.1) is 6.54 Å². The summed E-state index contributed by atoms with van der Waals surface area (Å²) in [6.07, 6.45) is 3.67. The summed E-state index contributed by atoms with van der Waals surface area (Å²) in [5.74, 6) is 1.43. The third-order valence-electron chi connectivity index (χ3n) is 4.38. The van der Waals surface area contributed by atoms with Gasteiger partial charge in [0.15, 0.2) is 5.82 Å². The minimum Gasteiger partial charge on any atom is -0.340 e. The Kier molecular flexibility index (Phi) is 5.85. The molecular weight excluding hydrogens is 376 g/mol. The summed E-state index contributed by atoms with van der Waals surface area (Å²) in [6.45, 7) is 6.00. The number of hydrogen-bond acceptors (Lipinski definition) is 6. The highest BCUT2D eigenvalue weighted by Gasteiger charge is 2.22. The monoisotopic (exact) mass is 398 g/mol. The number of thiophene rings is 1. The predicted octanol–water partition coefficient (Wildman–Crippen LogP) is 3.69. The number of halogens is 1. The molecule has 0 amide bonds. The van der Waals surface area contributed by atoms with Gasteiger partial charge in [0.25, 0.3) is 0 Å². The molecule has 0 spiro atoms. The molecule has 1 saturated heterocycles. The van der Waals surface area contributed by atoms with E-state index in [1.807, 2.05) is 18.3 Å². The lowest BCUT2D eigenvalue weighted by Gasteiger charge is -2.26. The largest absolute Gasteiger partial charge is 0.340 e. The minimum atomic E-state index is 0.592. The van der Waals surface area contributed by atoms with Gasteiger partial charge >= 0.3 is 0 Å². The first-order valence-corrected chi connectivity index (χ1v) is 9.72. The van der Waals surface area contributed by atoms with Crippen LogP contribution in [0.5, 0.6) is 0 Å². The first-order chi connectivity index (χ1) is 11.1. The summed E-state index contributed by atoms with van der Waals surface area (Å²) in [6, 6.07) is 2.83. The van der Waals surface area contributed by atoms with Crippen molar-refractivity contribution in [3.05, 3.63) is 32.5 Å². The van der Waals surface area contributed by atoms with Crippen molar-refractivity contribution in [2.24, 2.45) is 0 Å². The highest BCUT2D eigenvalue weighted by molar-refractivity contribution is 9.10. The average Bonchev–Trinajstić information content (AvgIpc) is 3.02. The smallest absolute Gasteiger partial charge is 0.223 e. The molecule has 126 valence electrons. The van der Waals surface area contributed by atoms with Crippen LogP contribution in [0.25, 0.3) is 0 Å². The summed E-state index contributed by atoms with van der Waals surface area (Å²) in [4.78, 5) is 10.7. The molecule has 2 aromatic heterocycles. The van der Waals surface area contributed by atoms with Crippen molar-refractivity contribution in [1.82, 2.24) is 19.9 Å². The van der Waals surface area contributed by atoms with Gasteiger partial charge in [-0.25, -0.2) is 0 Å². The minimum absolute atomic E-state index is 0.592. The summed E-state index contributed by atoms with van der Waals surface area (Å²) in [5, 5.41) is 6.17. The van der Waals surface area contributed by atoms with E-state index >= 15 is 0 Å². The van der Waals surface area contributed by atoms with E-state index in [1.165, 1.54) is 35.2 Å². The molecule has 1 fully saturated rings. The lowest BCUT2D eigenvalue weighted by Crippen LogP contribution is -2.32. The molecular formula is C16H23BrN4OS. The van der Waals surface area contributed by atoms with E-state index in [0.717, 1.165) is 25.5 Å². The number of aryl methyl sites for hydroxylation is 1. The number of likely N-dealkylation sites (tertiary alicyclic amines) is 1. The molecule has 0 saturated carbocycles. The maximum absolute atomic E-state index is 5.06. The van der Waals surface area contributed by atoms with Crippen LogP contribution in [0.15, 0.2) is 20.4 Å². The fourth-order valence-electron chi connectivity index (χ4n) is 3.15. The standard InChI is InChI=1S/C16H23BrN4OS/c1-12-18-16(19-22-12)10-20(2)14-4-3-6-21(7-5-14)9-15-8-13(17)11-23-15/h8,11,14H,3-7,9-10H2,1-2H3. The maximum atomic E-state index is 5.06. The van der Waals surface area contributed by atoms with Crippen LogP contribution in [0.2, 0.25) is 0 Å². The van der Waals surface area contributed by atoms with Crippen LogP contribution in [0, 0.1) is 6.92 Å². The number of nitrogens with zero attached hydrogens (tertiary/aromatic N) is 4. The Morgan fingerprint density at radius 2 is 2.30 bits per heavy atom. The van der Waals surface area contributed by atoms with Gasteiger partial charge in [-0.15, -0.1) is 11.3 Å². The molecule has 1 aliphatic heterocycles. The van der Waals surface area contributed by atoms with Crippen LogP contribution in [-0.4, -0.2) is 46.1 Å². The molecule has 5 nitrogen and oxygen atoms in total. The Labute approximate surface area is 149 Å². The first kappa shape index (κ1) is 17.1.